The fourth-order valence-electron chi connectivity index (χ4n) is 3.70. The van der Waals surface area contributed by atoms with Gasteiger partial charge < -0.3 is 15.7 Å². The Hall–Kier alpha value is -1.10. The monoisotopic (exact) mass is 368 g/mol. The first-order valence-corrected chi connectivity index (χ1v) is 9.22. The summed E-state index contributed by atoms with van der Waals surface area (Å²) in [5, 5.41) is 10.5. The van der Waals surface area contributed by atoms with E-state index in [1.807, 2.05) is 38.1 Å². The molecule has 1 aliphatic rings. The van der Waals surface area contributed by atoms with Crippen molar-refractivity contribution < 1.29 is 9.90 Å². The van der Waals surface area contributed by atoms with E-state index in [4.69, 9.17) is 5.73 Å². The number of aliphatic hydroxyl groups is 1. The topological polar surface area (TPSA) is 66.6 Å². The average Bonchev–Trinajstić information content (AvgIpc) is 2.60. The van der Waals surface area contributed by atoms with Gasteiger partial charge in [0.1, 0.15) is 0 Å². The van der Waals surface area contributed by atoms with Crippen molar-refractivity contribution in [3.05, 3.63) is 35.4 Å². The Labute approximate surface area is 158 Å². The Morgan fingerprint density at radius 3 is 2.36 bits per heavy atom. The largest absolute Gasteiger partial charge is 0.387 e. The van der Waals surface area contributed by atoms with Crippen LogP contribution < -0.4 is 5.73 Å². The molecule has 1 fully saturated rings. The van der Waals surface area contributed by atoms with Crippen LogP contribution in [0, 0.1) is 12.3 Å². The molecule has 0 heterocycles. The quantitative estimate of drug-likeness (QED) is 0.772. The molecular formula is C20H33ClN2O2. The number of hydrogen-bond acceptors (Lipinski definition) is 3. The summed E-state index contributed by atoms with van der Waals surface area (Å²) < 4.78 is 0. The van der Waals surface area contributed by atoms with Gasteiger partial charge in [-0.05, 0) is 44.2 Å². The Morgan fingerprint density at radius 2 is 1.84 bits per heavy atom. The van der Waals surface area contributed by atoms with E-state index in [1.165, 1.54) is 19.3 Å². The van der Waals surface area contributed by atoms with Crippen LogP contribution in [0.15, 0.2) is 24.3 Å². The summed E-state index contributed by atoms with van der Waals surface area (Å²) in [7, 11) is 0. The number of halogens is 1. The van der Waals surface area contributed by atoms with Crippen molar-refractivity contribution in [3.63, 3.8) is 0 Å². The maximum atomic E-state index is 12.8. The molecular weight excluding hydrogens is 336 g/mol. The van der Waals surface area contributed by atoms with Gasteiger partial charge in [0.15, 0.2) is 0 Å². The minimum Gasteiger partial charge on any atom is -0.387 e. The molecule has 0 bridgehead atoms. The van der Waals surface area contributed by atoms with E-state index in [1.54, 1.807) is 4.90 Å². The van der Waals surface area contributed by atoms with Gasteiger partial charge in [-0.2, -0.15) is 0 Å². The van der Waals surface area contributed by atoms with E-state index < -0.39 is 6.10 Å². The SMILES string of the molecule is CCN(CC(O)c1ccc(C)cc1)C(=O)CC1(CN)CCCCC1.Cl. The second-order valence-corrected chi connectivity index (χ2v) is 7.30. The van der Waals surface area contributed by atoms with Crippen LogP contribution in [0.3, 0.4) is 0 Å². The predicted octanol–water partition coefficient (Wildman–Crippen LogP) is 3.60. The second-order valence-electron chi connectivity index (χ2n) is 7.30. The Balaban J connectivity index is 0.00000312. The lowest BCUT2D eigenvalue weighted by atomic mass is 9.71. The van der Waals surface area contributed by atoms with E-state index in [0.717, 1.165) is 24.0 Å². The van der Waals surface area contributed by atoms with Crippen molar-refractivity contribution in [1.29, 1.82) is 0 Å². The summed E-state index contributed by atoms with van der Waals surface area (Å²) >= 11 is 0. The predicted molar refractivity (Wildman–Crippen MR) is 105 cm³/mol. The standard InChI is InChI=1S/C20H32N2O2.ClH/c1-3-22(14-18(23)17-9-7-16(2)8-10-17)19(24)13-20(15-21)11-5-4-6-12-20;/h7-10,18,23H,3-6,11-15,21H2,1-2H3;1H. The first kappa shape index (κ1) is 21.9. The van der Waals surface area contributed by atoms with E-state index in [0.29, 0.717) is 26.1 Å². The molecule has 1 amide bonds. The molecule has 1 aromatic carbocycles. The van der Waals surface area contributed by atoms with Gasteiger partial charge in [-0.25, -0.2) is 0 Å². The fraction of sp³-hybridized carbons (Fsp3) is 0.650. The lowest BCUT2D eigenvalue weighted by molar-refractivity contribution is -0.135. The number of nitrogens with two attached hydrogens (primary N) is 1. The van der Waals surface area contributed by atoms with Crippen LogP contribution in [0.5, 0.6) is 0 Å². The lowest BCUT2D eigenvalue weighted by Crippen LogP contribution is -2.41. The van der Waals surface area contributed by atoms with E-state index in [-0.39, 0.29) is 23.7 Å². The van der Waals surface area contributed by atoms with Gasteiger partial charge >= 0.3 is 0 Å². The molecule has 1 aliphatic carbocycles. The number of likely N-dealkylation sites (N-methyl/N-ethyl adjacent to an activating group) is 1. The number of benzene rings is 1. The molecule has 1 saturated carbocycles. The number of rotatable bonds is 7. The Morgan fingerprint density at radius 1 is 1.24 bits per heavy atom. The summed E-state index contributed by atoms with van der Waals surface area (Å²) in [6, 6.07) is 7.84. The summed E-state index contributed by atoms with van der Waals surface area (Å²) in [4.78, 5) is 14.6. The Bertz CT molecular complexity index is 527. The average molecular weight is 369 g/mol. The van der Waals surface area contributed by atoms with E-state index in [9.17, 15) is 9.90 Å². The molecule has 1 atom stereocenters. The maximum absolute atomic E-state index is 12.8. The van der Waals surface area contributed by atoms with Crippen molar-refractivity contribution in [1.82, 2.24) is 4.90 Å². The molecule has 2 rings (SSSR count). The molecule has 3 N–H and O–H groups in total. The molecule has 5 heteroatoms. The molecule has 0 spiro atoms. The van der Waals surface area contributed by atoms with Crippen molar-refractivity contribution in [2.75, 3.05) is 19.6 Å². The van der Waals surface area contributed by atoms with Gasteiger partial charge in [-0.3, -0.25) is 4.79 Å². The minimum absolute atomic E-state index is 0. The second kappa shape index (κ2) is 10.1. The molecule has 1 aromatic rings. The number of nitrogens with zero attached hydrogens (tertiary/aromatic N) is 1. The van der Waals surface area contributed by atoms with Gasteiger partial charge in [0.05, 0.1) is 12.6 Å². The molecule has 0 aromatic heterocycles. The molecule has 0 saturated heterocycles. The van der Waals surface area contributed by atoms with Crippen LogP contribution >= 0.6 is 12.4 Å². The summed E-state index contributed by atoms with van der Waals surface area (Å²) in [6.07, 6.45) is 5.55. The Kier molecular flexibility index (Phi) is 8.91. The highest BCUT2D eigenvalue weighted by Gasteiger charge is 2.34. The van der Waals surface area contributed by atoms with Crippen LogP contribution in [-0.2, 0) is 4.79 Å². The number of hydrogen-bond donors (Lipinski definition) is 2. The maximum Gasteiger partial charge on any atom is 0.223 e. The van der Waals surface area contributed by atoms with Crippen molar-refractivity contribution in [2.24, 2.45) is 11.1 Å². The number of aryl methyl sites for hydroxylation is 1. The van der Waals surface area contributed by atoms with Crippen LogP contribution in [0.25, 0.3) is 0 Å². The first-order chi connectivity index (χ1) is 11.5. The summed E-state index contributed by atoms with van der Waals surface area (Å²) in [5.74, 6) is 0.121. The van der Waals surface area contributed by atoms with Crippen molar-refractivity contribution >= 4 is 18.3 Å². The zero-order valence-electron chi connectivity index (χ0n) is 15.5. The highest BCUT2D eigenvalue weighted by molar-refractivity contribution is 5.85. The molecule has 142 valence electrons. The van der Waals surface area contributed by atoms with Gasteiger partial charge in [-0.1, -0.05) is 49.1 Å². The fourth-order valence-corrected chi connectivity index (χ4v) is 3.70. The normalized spacial score (nSPS) is 17.4. The van der Waals surface area contributed by atoms with Gasteiger partial charge in [0.25, 0.3) is 0 Å². The zero-order chi connectivity index (χ0) is 17.6. The highest BCUT2D eigenvalue weighted by atomic mass is 35.5. The van der Waals surface area contributed by atoms with Gasteiger partial charge in [0.2, 0.25) is 5.91 Å². The van der Waals surface area contributed by atoms with Crippen LogP contribution in [0.2, 0.25) is 0 Å². The first-order valence-electron chi connectivity index (χ1n) is 9.22. The van der Waals surface area contributed by atoms with E-state index >= 15 is 0 Å². The minimum atomic E-state index is -0.644. The molecule has 1 unspecified atom stereocenters. The number of carbonyl (C=O) groups excluding carboxylic acids is 1. The van der Waals surface area contributed by atoms with Crippen LogP contribution in [0.1, 0.15) is 62.7 Å². The van der Waals surface area contributed by atoms with Gasteiger partial charge in [-0.15, -0.1) is 12.4 Å². The van der Waals surface area contributed by atoms with Gasteiger partial charge in [0, 0.05) is 13.0 Å². The molecule has 4 nitrogen and oxygen atoms in total. The molecule has 25 heavy (non-hydrogen) atoms. The number of aliphatic hydroxyl groups excluding tert-OH is 1. The van der Waals surface area contributed by atoms with Crippen LogP contribution in [-0.4, -0.2) is 35.5 Å². The van der Waals surface area contributed by atoms with Crippen molar-refractivity contribution in [3.8, 4) is 0 Å². The smallest absolute Gasteiger partial charge is 0.223 e. The third-order valence-electron chi connectivity index (χ3n) is 5.46. The highest BCUT2D eigenvalue weighted by Crippen LogP contribution is 2.38. The lowest BCUT2D eigenvalue weighted by Gasteiger charge is -2.37. The zero-order valence-corrected chi connectivity index (χ0v) is 16.4. The van der Waals surface area contributed by atoms with Crippen molar-refractivity contribution in [2.45, 2.75) is 58.5 Å². The summed E-state index contributed by atoms with van der Waals surface area (Å²) in [5.41, 5.74) is 8.01. The molecule has 0 radical (unpaired) electrons. The third-order valence-corrected chi connectivity index (χ3v) is 5.46. The molecule has 0 aliphatic heterocycles. The number of amides is 1. The van der Waals surface area contributed by atoms with Crippen LogP contribution in [0.4, 0.5) is 0 Å². The van der Waals surface area contributed by atoms with E-state index in [2.05, 4.69) is 0 Å². The summed E-state index contributed by atoms with van der Waals surface area (Å²) in [6.45, 7) is 5.53. The third kappa shape index (κ3) is 5.98. The number of carbonyl (C=O) groups is 1.